The third-order valence-electron chi connectivity index (χ3n) is 5.38. The van der Waals surface area contributed by atoms with Gasteiger partial charge in [-0.25, -0.2) is 18.4 Å². The van der Waals surface area contributed by atoms with Gasteiger partial charge < -0.3 is 14.5 Å². The Hall–Kier alpha value is -2.15. The lowest BCUT2D eigenvalue weighted by Crippen LogP contribution is -2.47. The largest absolute Gasteiger partial charge is 0.417 e. The summed E-state index contributed by atoms with van der Waals surface area (Å²) in [5, 5.41) is -0.0518. The van der Waals surface area contributed by atoms with E-state index in [-0.39, 0.29) is 9.92 Å². The zero-order chi connectivity index (χ0) is 22.9. The Balaban J connectivity index is 1.40. The maximum Gasteiger partial charge on any atom is 0.417 e. The molecule has 0 spiro atoms. The number of piperazine rings is 1. The van der Waals surface area contributed by atoms with Crippen LogP contribution in [0.3, 0.4) is 0 Å². The van der Waals surface area contributed by atoms with Crippen LogP contribution in [0.1, 0.15) is 5.56 Å². The van der Waals surface area contributed by atoms with Gasteiger partial charge in [0.2, 0.25) is 10.0 Å². The van der Waals surface area contributed by atoms with Crippen LogP contribution in [0.4, 0.5) is 24.8 Å². The molecule has 0 aromatic carbocycles. The third kappa shape index (κ3) is 4.77. The van der Waals surface area contributed by atoms with Crippen molar-refractivity contribution in [2.45, 2.75) is 11.1 Å². The second kappa shape index (κ2) is 9.00. The van der Waals surface area contributed by atoms with Crippen molar-refractivity contribution in [2.75, 3.05) is 62.3 Å². The number of hydrogen-bond acceptors (Lipinski definition) is 7. The summed E-state index contributed by atoms with van der Waals surface area (Å²) in [6.07, 6.45) is -2.37. The molecular formula is C19H21ClF3N5O3S. The number of pyridine rings is 2. The number of morpholine rings is 1. The van der Waals surface area contributed by atoms with E-state index in [0.717, 1.165) is 12.3 Å². The minimum Gasteiger partial charge on any atom is -0.379 e. The molecule has 13 heteroatoms. The van der Waals surface area contributed by atoms with Crippen molar-refractivity contribution in [3.63, 3.8) is 0 Å². The Bertz CT molecular complexity index is 1050. The molecule has 8 nitrogen and oxygen atoms in total. The molecular weight excluding hydrogens is 471 g/mol. The molecule has 0 bridgehead atoms. The number of alkyl halides is 3. The Labute approximate surface area is 188 Å². The molecule has 0 atom stereocenters. The van der Waals surface area contributed by atoms with Crippen molar-refractivity contribution in [3.8, 4) is 0 Å². The smallest absolute Gasteiger partial charge is 0.379 e. The predicted molar refractivity (Wildman–Crippen MR) is 112 cm³/mol. The lowest BCUT2D eigenvalue weighted by atomic mass is 10.2. The van der Waals surface area contributed by atoms with Gasteiger partial charge in [0.15, 0.2) is 0 Å². The lowest BCUT2D eigenvalue weighted by Gasteiger charge is -2.36. The van der Waals surface area contributed by atoms with Gasteiger partial charge >= 0.3 is 6.18 Å². The van der Waals surface area contributed by atoms with Gasteiger partial charge in [-0.1, -0.05) is 11.6 Å². The van der Waals surface area contributed by atoms with E-state index in [9.17, 15) is 21.6 Å². The van der Waals surface area contributed by atoms with Gasteiger partial charge in [-0.2, -0.15) is 17.5 Å². The second-order valence-corrected chi connectivity index (χ2v) is 9.71. The maximum atomic E-state index is 12.8. The molecule has 0 radical (unpaired) electrons. The summed E-state index contributed by atoms with van der Waals surface area (Å²) in [6, 6.07) is 4.07. The maximum absolute atomic E-state index is 12.8. The summed E-state index contributed by atoms with van der Waals surface area (Å²) < 4.78 is 70.5. The van der Waals surface area contributed by atoms with Crippen LogP contribution >= 0.6 is 11.6 Å². The number of rotatable bonds is 4. The van der Waals surface area contributed by atoms with Gasteiger partial charge in [-0.05, 0) is 18.2 Å². The van der Waals surface area contributed by atoms with Crippen molar-refractivity contribution < 1.29 is 26.3 Å². The molecule has 2 aromatic rings. The van der Waals surface area contributed by atoms with E-state index < -0.39 is 21.8 Å². The van der Waals surface area contributed by atoms with Crippen LogP contribution in [0.2, 0.25) is 5.02 Å². The SMILES string of the molecule is O=S(=O)(c1ccc(N2CCN(c3ncc(C(F)(F)F)cc3Cl)CC2)nc1)N1CCOCC1. The predicted octanol–water partition coefficient (Wildman–Crippen LogP) is 2.50. The molecule has 0 aliphatic carbocycles. The van der Waals surface area contributed by atoms with Gasteiger partial charge in [-0.3, -0.25) is 0 Å². The normalized spacial score (nSPS) is 18.8. The van der Waals surface area contributed by atoms with E-state index in [1.165, 1.54) is 16.6 Å². The third-order valence-corrected chi connectivity index (χ3v) is 7.54. The number of anilines is 2. The highest BCUT2D eigenvalue weighted by Crippen LogP contribution is 2.34. The molecule has 174 valence electrons. The van der Waals surface area contributed by atoms with Crippen molar-refractivity contribution in [1.29, 1.82) is 0 Å². The van der Waals surface area contributed by atoms with Crippen LogP contribution in [0.25, 0.3) is 0 Å². The molecule has 4 heterocycles. The zero-order valence-corrected chi connectivity index (χ0v) is 18.5. The minimum absolute atomic E-state index is 0.0518. The van der Waals surface area contributed by atoms with Crippen LogP contribution in [-0.2, 0) is 20.9 Å². The molecule has 2 aliphatic rings. The van der Waals surface area contributed by atoms with Crippen molar-refractivity contribution in [1.82, 2.24) is 14.3 Å². The first kappa shape index (κ1) is 23.0. The van der Waals surface area contributed by atoms with Crippen LogP contribution in [0, 0.1) is 0 Å². The first-order valence-electron chi connectivity index (χ1n) is 9.93. The van der Waals surface area contributed by atoms with Gasteiger partial charge in [0.1, 0.15) is 16.5 Å². The van der Waals surface area contributed by atoms with Gasteiger partial charge in [-0.15, -0.1) is 0 Å². The summed E-state index contributed by atoms with van der Waals surface area (Å²) in [5.74, 6) is 0.927. The molecule has 2 aromatic heterocycles. The molecule has 0 N–H and O–H groups in total. The van der Waals surface area contributed by atoms with E-state index >= 15 is 0 Å². The quantitative estimate of drug-likeness (QED) is 0.650. The fourth-order valence-corrected chi connectivity index (χ4v) is 5.25. The van der Waals surface area contributed by atoms with Crippen molar-refractivity contribution >= 4 is 33.3 Å². The van der Waals surface area contributed by atoms with E-state index in [1.807, 2.05) is 9.80 Å². The molecule has 0 saturated carbocycles. The summed E-state index contributed by atoms with van der Waals surface area (Å²) in [6.45, 7) is 3.38. The Kier molecular flexibility index (Phi) is 6.48. The number of sulfonamides is 1. The highest BCUT2D eigenvalue weighted by atomic mass is 35.5. The van der Waals surface area contributed by atoms with E-state index in [2.05, 4.69) is 9.97 Å². The van der Waals surface area contributed by atoms with E-state index in [0.29, 0.717) is 64.1 Å². The minimum atomic E-state index is -4.50. The average Bonchev–Trinajstić information content (AvgIpc) is 2.79. The van der Waals surface area contributed by atoms with Gasteiger partial charge in [0.05, 0.1) is 23.8 Å². The number of ether oxygens (including phenoxy) is 1. The Morgan fingerprint density at radius 1 is 0.938 bits per heavy atom. The second-order valence-electron chi connectivity index (χ2n) is 7.37. The average molecular weight is 492 g/mol. The van der Waals surface area contributed by atoms with Crippen LogP contribution in [0.15, 0.2) is 35.5 Å². The monoisotopic (exact) mass is 491 g/mol. The van der Waals surface area contributed by atoms with E-state index in [1.54, 1.807) is 6.07 Å². The molecule has 32 heavy (non-hydrogen) atoms. The summed E-state index contributed by atoms with van der Waals surface area (Å²) >= 11 is 6.05. The number of aromatic nitrogens is 2. The summed E-state index contributed by atoms with van der Waals surface area (Å²) in [7, 11) is -3.61. The molecule has 2 aliphatic heterocycles. The Morgan fingerprint density at radius 3 is 2.16 bits per heavy atom. The standard InChI is InChI=1S/C19H21ClF3N5O3S/c20-16-11-14(19(21,22)23)12-25-18(16)27-5-3-26(4-6-27)17-2-1-15(13-24-17)32(29,30)28-7-9-31-10-8-28/h1-2,11-13H,3-10H2. The van der Waals surface area contributed by atoms with Gasteiger partial charge in [0, 0.05) is 51.7 Å². The fourth-order valence-electron chi connectivity index (χ4n) is 3.61. The van der Waals surface area contributed by atoms with Crippen LogP contribution < -0.4 is 9.80 Å². The number of halogens is 4. The molecule has 0 unspecified atom stereocenters. The van der Waals surface area contributed by atoms with Crippen molar-refractivity contribution in [2.24, 2.45) is 0 Å². The summed E-state index contributed by atoms with van der Waals surface area (Å²) in [5.41, 5.74) is -0.888. The highest BCUT2D eigenvalue weighted by molar-refractivity contribution is 7.89. The van der Waals surface area contributed by atoms with Crippen LogP contribution in [-0.4, -0.2) is 75.2 Å². The number of hydrogen-bond donors (Lipinski definition) is 0. The first-order valence-corrected chi connectivity index (χ1v) is 11.7. The van der Waals surface area contributed by atoms with Crippen LogP contribution in [0.5, 0.6) is 0 Å². The molecule has 4 rings (SSSR count). The lowest BCUT2D eigenvalue weighted by molar-refractivity contribution is -0.137. The van der Waals surface area contributed by atoms with Crippen molar-refractivity contribution in [3.05, 3.63) is 41.2 Å². The van der Waals surface area contributed by atoms with Gasteiger partial charge in [0.25, 0.3) is 0 Å². The molecule has 0 amide bonds. The molecule has 2 fully saturated rings. The fraction of sp³-hybridized carbons (Fsp3) is 0.474. The first-order chi connectivity index (χ1) is 15.2. The summed E-state index contributed by atoms with van der Waals surface area (Å²) in [4.78, 5) is 12.1. The number of nitrogens with zero attached hydrogens (tertiary/aromatic N) is 5. The molecule has 2 saturated heterocycles. The zero-order valence-electron chi connectivity index (χ0n) is 16.9. The van der Waals surface area contributed by atoms with E-state index in [4.69, 9.17) is 16.3 Å². The highest BCUT2D eigenvalue weighted by Gasteiger charge is 2.32. The topological polar surface area (TPSA) is 78.9 Å². The Morgan fingerprint density at radius 2 is 1.59 bits per heavy atom.